The highest BCUT2D eigenvalue weighted by Gasteiger charge is 2.19. The lowest BCUT2D eigenvalue weighted by Gasteiger charge is -2.20. The van der Waals surface area contributed by atoms with Gasteiger partial charge < -0.3 is 0 Å². The van der Waals surface area contributed by atoms with Crippen molar-refractivity contribution >= 4 is 35.2 Å². The first kappa shape index (κ1) is 15.2. The summed E-state index contributed by atoms with van der Waals surface area (Å²) >= 11 is 0. The van der Waals surface area contributed by atoms with E-state index >= 15 is 0 Å². The third-order valence-electron chi connectivity index (χ3n) is 4.71. The van der Waals surface area contributed by atoms with Crippen LogP contribution < -0.4 is 5.19 Å². The normalized spacial score (nSPS) is 12.2. The van der Waals surface area contributed by atoms with Gasteiger partial charge in [-0.1, -0.05) is 49.1 Å². The molecule has 0 aliphatic heterocycles. The van der Waals surface area contributed by atoms with Gasteiger partial charge >= 0.3 is 0 Å². The topological polar surface area (TPSA) is 17.8 Å². The van der Waals surface area contributed by atoms with E-state index in [1.807, 2.05) is 12.3 Å². The summed E-state index contributed by atoms with van der Waals surface area (Å²) in [7, 11) is -1.32. The van der Waals surface area contributed by atoms with Crippen molar-refractivity contribution in [1.29, 1.82) is 0 Å². The van der Waals surface area contributed by atoms with Crippen molar-refractivity contribution in [3.05, 3.63) is 66.4 Å². The van der Waals surface area contributed by atoms with Crippen molar-refractivity contribution in [1.82, 2.24) is 9.55 Å². The summed E-state index contributed by atoms with van der Waals surface area (Å²) in [6.45, 7) is 9.43. The predicted octanol–water partition coefficient (Wildman–Crippen LogP) is 5.03. The van der Waals surface area contributed by atoms with Gasteiger partial charge in [0, 0.05) is 22.7 Å². The summed E-state index contributed by atoms with van der Waals surface area (Å²) < 4.78 is 2.28. The summed E-state index contributed by atoms with van der Waals surface area (Å²) in [5.74, 6) is 0. The summed E-state index contributed by atoms with van der Waals surface area (Å²) in [6, 6.07) is 19.6. The molecule has 0 aliphatic carbocycles. The second kappa shape index (κ2) is 5.31. The SMILES string of the molecule is Cc1cc(-n2c3ccccc3c3cccnc32)ccc1[Si](C)(C)C. The Kier molecular flexibility index (Phi) is 3.36. The molecule has 4 aromatic rings. The summed E-state index contributed by atoms with van der Waals surface area (Å²) in [4.78, 5) is 4.67. The molecule has 0 radical (unpaired) electrons. The van der Waals surface area contributed by atoms with E-state index in [0.717, 1.165) is 5.65 Å². The van der Waals surface area contributed by atoms with Crippen molar-refractivity contribution in [2.45, 2.75) is 26.6 Å². The Morgan fingerprint density at radius 2 is 1.62 bits per heavy atom. The first-order valence-electron chi connectivity index (χ1n) is 8.42. The predicted molar refractivity (Wildman–Crippen MR) is 106 cm³/mol. The van der Waals surface area contributed by atoms with Crippen molar-refractivity contribution in [2.75, 3.05) is 0 Å². The smallest absolute Gasteiger partial charge is 0.145 e. The van der Waals surface area contributed by atoms with Gasteiger partial charge in [-0.3, -0.25) is 4.57 Å². The number of para-hydroxylation sites is 1. The minimum Gasteiger partial charge on any atom is -0.294 e. The molecular formula is C21H22N2Si. The summed E-state index contributed by atoms with van der Waals surface area (Å²) in [6.07, 6.45) is 1.88. The zero-order valence-corrected chi connectivity index (χ0v) is 15.7. The number of benzene rings is 2. The van der Waals surface area contributed by atoms with Crippen LogP contribution in [0.25, 0.3) is 27.6 Å². The quantitative estimate of drug-likeness (QED) is 0.471. The molecule has 0 amide bonds. The second-order valence-electron chi connectivity index (χ2n) is 7.48. The maximum absolute atomic E-state index is 4.67. The fourth-order valence-electron chi connectivity index (χ4n) is 3.69. The second-order valence-corrected chi connectivity index (χ2v) is 12.5. The van der Waals surface area contributed by atoms with E-state index in [0.29, 0.717) is 0 Å². The fraction of sp³-hybridized carbons (Fsp3) is 0.190. The molecule has 0 bridgehead atoms. The van der Waals surface area contributed by atoms with E-state index in [9.17, 15) is 0 Å². The molecule has 2 aromatic heterocycles. The highest BCUT2D eigenvalue weighted by molar-refractivity contribution is 6.89. The molecule has 0 fully saturated rings. The van der Waals surface area contributed by atoms with Crippen LogP contribution in [0.3, 0.4) is 0 Å². The highest BCUT2D eigenvalue weighted by atomic mass is 28.3. The first-order chi connectivity index (χ1) is 11.5. The van der Waals surface area contributed by atoms with Crippen molar-refractivity contribution < 1.29 is 0 Å². The van der Waals surface area contributed by atoms with Gasteiger partial charge in [-0.15, -0.1) is 0 Å². The molecule has 0 unspecified atom stereocenters. The van der Waals surface area contributed by atoms with Crippen LogP contribution in [0, 0.1) is 6.92 Å². The van der Waals surface area contributed by atoms with E-state index in [2.05, 4.69) is 84.6 Å². The number of hydrogen-bond donors (Lipinski definition) is 0. The molecule has 4 rings (SSSR count). The molecule has 3 heteroatoms. The van der Waals surface area contributed by atoms with E-state index in [-0.39, 0.29) is 0 Å². The number of pyridine rings is 1. The Balaban J connectivity index is 2.04. The van der Waals surface area contributed by atoms with Crippen molar-refractivity contribution in [3.8, 4) is 5.69 Å². The third kappa shape index (κ3) is 2.28. The Labute approximate surface area is 143 Å². The third-order valence-corrected chi connectivity index (χ3v) is 6.89. The number of aryl methyl sites for hydroxylation is 1. The molecule has 0 aliphatic rings. The molecule has 0 spiro atoms. The van der Waals surface area contributed by atoms with Crippen LogP contribution in [0.15, 0.2) is 60.8 Å². The first-order valence-corrected chi connectivity index (χ1v) is 11.9. The molecule has 2 heterocycles. The number of rotatable bonds is 2. The molecule has 0 atom stereocenters. The highest BCUT2D eigenvalue weighted by Crippen LogP contribution is 2.30. The average molecular weight is 331 g/mol. The monoisotopic (exact) mass is 330 g/mol. The van der Waals surface area contributed by atoms with Gasteiger partial charge in [0.25, 0.3) is 0 Å². The maximum Gasteiger partial charge on any atom is 0.145 e. The van der Waals surface area contributed by atoms with Gasteiger partial charge in [0.1, 0.15) is 5.65 Å². The van der Waals surface area contributed by atoms with Gasteiger partial charge in [0.2, 0.25) is 0 Å². The average Bonchev–Trinajstić information content (AvgIpc) is 2.88. The number of aromatic nitrogens is 2. The molecule has 0 saturated heterocycles. The lowest BCUT2D eigenvalue weighted by Crippen LogP contribution is -2.39. The van der Waals surface area contributed by atoms with Crippen molar-refractivity contribution in [3.63, 3.8) is 0 Å². The Morgan fingerprint density at radius 3 is 2.38 bits per heavy atom. The van der Waals surface area contributed by atoms with Crippen LogP contribution >= 0.6 is 0 Å². The van der Waals surface area contributed by atoms with Crippen LogP contribution in [-0.2, 0) is 0 Å². The standard InChI is InChI=1S/C21H22N2Si/c1-15-14-16(11-12-20(15)24(2,3)4)23-19-10-6-5-8-17(19)18-9-7-13-22-21(18)23/h5-14H,1-4H3. The molecule has 24 heavy (non-hydrogen) atoms. The minimum absolute atomic E-state index is 1.03. The zero-order chi connectivity index (χ0) is 16.9. The van der Waals surface area contributed by atoms with Crippen LogP contribution in [0.5, 0.6) is 0 Å². The number of nitrogens with zero attached hydrogens (tertiary/aromatic N) is 2. The molecular weight excluding hydrogens is 308 g/mol. The van der Waals surface area contributed by atoms with Gasteiger partial charge in [-0.2, -0.15) is 0 Å². The van der Waals surface area contributed by atoms with Crippen LogP contribution in [-0.4, -0.2) is 17.6 Å². The molecule has 0 N–H and O–H groups in total. The zero-order valence-electron chi connectivity index (χ0n) is 14.7. The van der Waals surface area contributed by atoms with Crippen LogP contribution in [0.4, 0.5) is 0 Å². The Bertz CT molecular complexity index is 1000. The lowest BCUT2D eigenvalue weighted by molar-refractivity contribution is 1.13. The van der Waals surface area contributed by atoms with E-state index in [1.165, 1.54) is 32.7 Å². The molecule has 2 aromatic carbocycles. The molecule has 2 nitrogen and oxygen atoms in total. The largest absolute Gasteiger partial charge is 0.294 e. The number of hydrogen-bond acceptors (Lipinski definition) is 1. The van der Waals surface area contributed by atoms with Gasteiger partial charge in [-0.05, 0) is 42.8 Å². The minimum atomic E-state index is -1.32. The van der Waals surface area contributed by atoms with E-state index in [4.69, 9.17) is 0 Å². The molecule has 120 valence electrons. The molecule has 0 saturated carbocycles. The Hall–Kier alpha value is -2.39. The summed E-state index contributed by atoms with van der Waals surface area (Å²) in [5.41, 5.74) is 4.82. The lowest BCUT2D eigenvalue weighted by atomic mass is 10.2. The maximum atomic E-state index is 4.67. The van der Waals surface area contributed by atoms with Crippen LogP contribution in [0.1, 0.15) is 5.56 Å². The summed E-state index contributed by atoms with van der Waals surface area (Å²) in [5, 5.41) is 3.99. The van der Waals surface area contributed by atoms with Gasteiger partial charge in [0.15, 0.2) is 0 Å². The van der Waals surface area contributed by atoms with E-state index < -0.39 is 8.07 Å². The fourth-order valence-corrected chi connectivity index (χ4v) is 5.52. The van der Waals surface area contributed by atoms with Crippen molar-refractivity contribution in [2.24, 2.45) is 0 Å². The van der Waals surface area contributed by atoms with E-state index in [1.54, 1.807) is 0 Å². The Morgan fingerprint density at radius 1 is 0.875 bits per heavy atom. The van der Waals surface area contributed by atoms with Gasteiger partial charge in [-0.25, -0.2) is 4.98 Å². The van der Waals surface area contributed by atoms with Gasteiger partial charge in [0.05, 0.1) is 13.6 Å². The number of fused-ring (bicyclic) bond motifs is 3. The van der Waals surface area contributed by atoms with Crippen LogP contribution in [0.2, 0.25) is 19.6 Å².